The molecule has 6 nitrogen and oxygen atoms in total. The van der Waals surface area contributed by atoms with Crippen molar-refractivity contribution < 1.29 is 19.1 Å². The van der Waals surface area contributed by atoms with Gasteiger partial charge in [-0.1, -0.05) is 37.6 Å². The van der Waals surface area contributed by atoms with E-state index in [0.29, 0.717) is 36.7 Å². The van der Waals surface area contributed by atoms with Crippen LogP contribution in [0.4, 0.5) is 0 Å². The highest BCUT2D eigenvalue weighted by molar-refractivity contribution is 5.95. The second-order valence-electron chi connectivity index (χ2n) is 7.54. The fourth-order valence-corrected chi connectivity index (χ4v) is 3.96. The smallest absolute Gasteiger partial charge is 0.253 e. The first kappa shape index (κ1) is 21.7. The van der Waals surface area contributed by atoms with Gasteiger partial charge in [0, 0.05) is 42.7 Å². The normalized spacial score (nSPS) is 18.2. The van der Waals surface area contributed by atoms with Gasteiger partial charge in [-0.15, -0.1) is 0 Å². The Kier molecular flexibility index (Phi) is 7.33. The molecule has 2 atom stereocenters. The first-order chi connectivity index (χ1) is 14.6. The molecule has 0 bridgehead atoms. The first-order valence-electron chi connectivity index (χ1n) is 10.4. The molecule has 1 fully saturated rings. The van der Waals surface area contributed by atoms with Crippen LogP contribution in [0.25, 0.3) is 0 Å². The molecule has 30 heavy (non-hydrogen) atoms. The number of carbonyl (C=O) groups excluding carboxylic acids is 2. The lowest BCUT2D eigenvalue weighted by atomic mass is 9.87. The van der Waals surface area contributed by atoms with Gasteiger partial charge in [-0.3, -0.25) is 9.59 Å². The summed E-state index contributed by atoms with van der Waals surface area (Å²) in [5.41, 5.74) is 1.54. The van der Waals surface area contributed by atoms with Crippen LogP contribution in [0.1, 0.15) is 41.6 Å². The summed E-state index contributed by atoms with van der Waals surface area (Å²) in [6.45, 7) is 3.58. The number of unbranched alkanes of at least 4 members (excludes halogenated alkanes) is 1. The largest absolute Gasteiger partial charge is 0.497 e. The monoisotopic (exact) mass is 410 g/mol. The van der Waals surface area contributed by atoms with E-state index in [1.54, 1.807) is 31.3 Å². The van der Waals surface area contributed by atoms with Crippen molar-refractivity contribution in [1.29, 1.82) is 0 Å². The quantitative estimate of drug-likeness (QED) is 0.677. The number of ether oxygens (including phenoxy) is 2. The summed E-state index contributed by atoms with van der Waals surface area (Å²) in [6.07, 6.45) is 1.95. The van der Waals surface area contributed by atoms with Crippen LogP contribution in [0.5, 0.6) is 11.5 Å². The average Bonchev–Trinajstić information content (AvgIpc) is 3.24. The number of nitrogens with one attached hydrogen (secondary N) is 1. The van der Waals surface area contributed by atoms with Gasteiger partial charge in [0.1, 0.15) is 11.5 Å². The Bertz CT molecular complexity index is 869. The van der Waals surface area contributed by atoms with Gasteiger partial charge >= 0.3 is 0 Å². The lowest BCUT2D eigenvalue weighted by Crippen LogP contribution is -2.36. The zero-order valence-corrected chi connectivity index (χ0v) is 17.9. The molecule has 6 heteroatoms. The van der Waals surface area contributed by atoms with Crippen molar-refractivity contribution in [3.05, 3.63) is 59.7 Å². The summed E-state index contributed by atoms with van der Waals surface area (Å²) in [6, 6.07) is 14.8. The lowest BCUT2D eigenvalue weighted by molar-refractivity contribution is -0.124. The van der Waals surface area contributed by atoms with E-state index in [2.05, 4.69) is 12.2 Å². The summed E-state index contributed by atoms with van der Waals surface area (Å²) in [5.74, 6) is 0.790. The molecule has 160 valence electrons. The third-order valence-corrected chi connectivity index (χ3v) is 5.63. The van der Waals surface area contributed by atoms with E-state index in [1.165, 1.54) is 0 Å². The van der Waals surface area contributed by atoms with Crippen molar-refractivity contribution in [3.63, 3.8) is 0 Å². The molecule has 0 saturated carbocycles. The Morgan fingerprint density at radius 2 is 1.83 bits per heavy atom. The number of amides is 2. The van der Waals surface area contributed by atoms with Gasteiger partial charge in [-0.2, -0.15) is 0 Å². The van der Waals surface area contributed by atoms with Gasteiger partial charge in [-0.25, -0.2) is 0 Å². The molecule has 0 radical (unpaired) electrons. The fourth-order valence-electron chi connectivity index (χ4n) is 3.96. The van der Waals surface area contributed by atoms with Crippen LogP contribution in [0.15, 0.2) is 48.5 Å². The third-order valence-electron chi connectivity index (χ3n) is 5.63. The van der Waals surface area contributed by atoms with Gasteiger partial charge in [0.25, 0.3) is 5.91 Å². The third kappa shape index (κ3) is 4.75. The molecular formula is C24H30N2O4. The maximum atomic E-state index is 13.1. The maximum absolute atomic E-state index is 13.1. The van der Waals surface area contributed by atoms with Crippen LogP contribution in [0.3, 0.4) is 0 Å². The second-order valence-corrected chi connectivity index (χ2v) is 7.54. The minimum absolute atomic E-state index is 0.0188. The van der Waals surface area contributed by atoms with Crippen LogP contribution >= 0.6 is 0 Å². The number of carbonyl (C=O) groups is 2. The molecule has 0 aliphatic carbocycles. The summed E-state index contributed by atoms with van der Waals surface area (Å²) >= 11 is 0. The second kappa shape index (κ2) is 10.1. The SMILES string of the molecule is CCCCNC(=O)[C@H]1CN(C(=O)c2ccccc2)C[C@H]1c1ccc(OC)cc1OC. The van der Waals surface area contributed by atoms with Gasteiger partial charge in [-0.05, 0) is 24.6 Å². The number of benzene rings is 2. The van der Waals surface area contributed by atoms with Crippen molar-refractivity contribution in [2.45, 2.75) is 25.7 Å². The van der Waals surface area contributed by atoms with Gasteiger partial charge in [0.15, 0.2) is 0 Å². The topological polar surface area (TPSA) is 67.9 Å². The molecule has 2 aromatic carbocycles. The van der Waals surface area contributed by atoms with Crippen molar-refractivity contribution in [2.24, 2.45) is 5.92 Å². The minimum Gasteiger partial charge on any atom is -0.497 e. The van der Waals surface area contributed by atoms with Crippen molar-refractivity contribution >= 4 is 11.8 Å². The fraction of sp³-hybridized carbons (Fsp3) is 0.417. The van der Waals surface area contributed by atoms with E-state index < -0.39 is 0 Å². The predicted octanol–water partition coefficient (Wildman–Crippen LogP) is 3.48. The molecule has 0 unspecified atom stereocenters. The Morgan fingerprint density at radius 3 is 2.50 bits per heavy atom. The molecular weight excluding hydrogens is 380 g/mol. The molecule has 1 heterocycles. The van der Waals surface area contributed by atoms with Crippen LogP contribution in [-0.4, -0.2) is 50.6 Å². The summed E-state index contributed by atoms with van der Waals surface area (Å²) in [7, 11) is 3.21. The van der Waals surface area contributed by atoms with Gasteiger partial charge in [0.05, 0.1) is 20.1 Å². The zero-order chi connectivity index (χ0) is 21.5. The molecule has 1 aliphatic rings. The Morgan fingerprint density at radius 1 is 1.07 bits per heavy atom. The predicted molar refractivity (Wildman–Crippen MR) is 116 cm³/mol. The lowest BCUT2D eigenvalue weighted by Gasteiger charge is -2.21. The van der Waals surface area contributed by atoms with E-state index in [-0.39, 0.29) is 23.7 Å². The highest BCUT2D eigenvalue weighted by atomic mass is 16.5. The van der Waals surface area contributed by atoms with Gasteiger partial charge < -0.3 is 19.7 Å². The van der Waals surface area contributed by atoms with Crippen LogP contribution < -0.4 is 14.8 Å². The maximum Gasteiger partial charge on any atom is 0.253 e. The highest BCUT2D eigenvalue weighted by Gasteiger charge is 2.41. The summed E-state index contributed by atoms with van der Waals surface area (Å²) in [4.78, 5) is 27.8. The molecule has 1 saturated heterocycles. The molecule has 2 amide bonds. The zero-order valence-electron chi connectivity index (χ0n) is 17.9. The number of hydrogen-bond acceptors (Lipinski definition) is 4. The van der Waals surface area contributed by atoms with E-state index in [4.69, 9.17) is 9.47 Å². The molecule has 0 aromatic heterocycles. The molecule has 1 N–H and O–H groups in total. The summed E-state index contributed by atoms with van der Waals surface area (Å²) in [5, 5.41) is 3.04. The average molecular weight is 411 g/mol. The first-order valence-corrected chi connectivity index (χ1v) is 10.4. The van der Waals surface area contributed by atoms with Crippen molar-refractivity contribution in [3.8, 4) is 11.5 Å². The number of likely N-dealkylation sites (tertiary alicyclic amines) is 1. The summed E-state index contributed by atoms with van der Waals surface area (Å²) < 4.78 is 10.9. The van der Waals surface area contributed by atoms with Crippen LogP contribution in [-0.2, 0) is 4.79 Å². The molecule has 1 aliphatic heterocycles. The van der Waals surface area contributed by atoms with E-state index in [9.17, 15) is 9.59 Å². The number of rotatable bonds is 8. The van der Waals surface area contributed by atoms with E-state index in [1.807, 2.05) is 36.4 Å². The number of hydrogen-bond donors (Lipinski definition) is 1. The van der Waals surface area contributed by atoms with Crippen LogP contribution in [0, 0.1) is 5.92 Å². The number of methoxy groups -OCH3 is 2. The number of nitrogens with zero attached hydrogens (tertiary/aromatic N) is 1. The Labute approximate surface area is 178 Å². The van der Waals surface area contributed by atoms with E-state index >= 15 is 0 Å². The van der Waals surface area contributed by atoms with Gasteiger partial charge in [0.2, 0.25) is 5.91 Å². The molecule has 2 aromatic rings. The van der Waals surface area contributed by atoms with E-state index in [0.717, 1.165) is 18.4 Å². The Balaban J connectivity index is 1.89. The standard InChI is InChI=1S/C24H30N2O4/c1-4-5-13-25-23(27)21-16-26(24(28)17-9-7-6-8-10-17)15-20(21)19-12-11-18(29-2)14-22(19)30-3/h6-12,14,20-21H,4-5,13,15-16H2,1-3H3,(H,25,27)/t20-,21-/m0/s1. The van der Waals surface area contributed by atoms with Crippen LogP contribution in [0.2, 0.25) is 0 Å². The van der Waals surface area contributed by atoms with Crippen molar-refractivity contribution in [2.75, 3.05) is 33.9 Å². The minimum atomic E-state index is -0.336. The molecule has 3 rings (SSSR count). The highest BCUT2D eigenvalue weighted by Crippen LogP contribution is 2.39. The Hall–Kier alpha value is -3.02. The van der Waals surface area contributed by atoms with Crippen molar-refractivity contribution in [1.82, 2.24) is 10.2 Å². The molecule has 0 spiro atoms.